The minimum atomic E-state index is -0.585. The Labute approximate surface area is 108 Å². The predicted octanol–water partition coefficient (Wildman–Crippen LogP) is 0.819. The van der Waals surface area contributed by atoms with E-state index in [1.165, 1.54) is 0 Å². The number of hydrogen-bond donors (Lipinski definition) is 2. The van der Waals surface area contributed by atoms with Gasteiger partial charge < -0.3 is 15.8 Å². The molecule has 3 N–H and O–H groups in total. The van der Waals surface area contributed by atoms with Gasteiger partial charge in [-0.05, 0) is 39.2 Å². The highest BCUT2D eigenvalue weighted by molar-refractivity contribution is 5.85. The first-order valence-corrected chi connectivity index (χ1v) is 6.77. The lowest BCUT2D eigenvalue weighted by Crippen LogP contribution is -2.46. The summed E-state index contributed by atoms with van der Waals surface area (Å²) in [6.07, 6.45) is 4.06. The van der Waals surface area contributed by atoms with Gasteiger partial charge in [-0.15, -0.1) is 0 Å². The molecule has 0 bridgehead atoms. The number of hydrogen-bond acceptors (Lipinski definition) is 4. The van der Waals surface area contributed by atoms with E-state index in [0.717, 1.165) is 25.7 Å². The summed E-state index contributed by atoms with van der Waals surface area (Å²) in [5.74, 6) is -0.259. The van der Waals surface area contributed by atoms with Crippen LogP contribution in [0.25, 0.3) is 0 Å². The minimum Gasteiger partial charge on any atom is -0.464 e. The Hall–Kier alpha value is -1.10. The third-order valence-electron chi connectivity index (χ3n) is 3.55. The molecule has 0 heterocycles. The molecule has 0 saturated heterocycles. The van der Waals surface area contributed by atoms with Gasteiger partial charge in [0.15, 0.2) is 0 Å². The van der Waals surface area contributed by atoms with Gasteiger partial charge in [0, 0.05) is 5.92 Å². The largest absolute Gasteiger partial charge is 0.464 e. The van der Waals surface area contributed by atoms with E-state index in [2.05, 4.69) is 5.32 Å². The van der Waals surface area contributed by atoms with E-state index in [9.17, 15) is 9.59 Å². The Morgan fingerprint density at radius 2 is 2.06 bits per heavy atom. The first-order chi connectivity index (χ1) is 8.60. The highest BCUT2D eigenvalue weighted by Gasteiger charge is 2.31. The van der Waals surface area contributed by atoms with Crippen LogP contribution in [-0.2, 0) is 14.3 Å². The van der Waals surface area contributed by atoms with Crippen molar-refractivity contribution in [3.8, 4) is 0 Å². The second-order valence-corrected chi connectivity index (χ2v) is 4.87. The number of esters is 1. The summed E-state index contributed by atoms with van der Waals surface area (Å²) in [5, 5.41) is 2.73. The molecule has 3 atom stereocenters. The van der Waals surface area contributed by atoms with Gasteiger partial charge in [0.25, 0.3) is 0 Å². The number of ether oxygens (including phenoxy) is 1. The molecule has 1 rings (SSSR count). The maximum atomic E-state index is 12.1. The van der Waals surface area contributed by atoms with Crippen LogP contribution in [0.5, 0.6) is 0 Å². The molecule has 1 aliphatic rings. The summed E-state index contributed by atoms with van der Waals surface area (Å²) in [6.45, 7) is 4.26. The monoisotopic (exact) mass is 256 g/mol. The molecule has 5 nitrogen and oxygen atoms in total. The highest BCUT2D eigenvalue weighted by atomic mass is 16.5. The maximum absolute atomic E-state index is 12.1. The number of amides is 1. The van der Waals surface area contributed by atoms with Gasteiger partial charge in [-0.3, -0.25) is 4.79 Å². The fraction of sp³-hybridized carbons (Fsp3) is 0.846. The molecule has 18 heavy (non-hydrogen) atoms. The molecule has 0 aromatic carbocycles. The second-order valence-electron chi connectivity index (χ2n) is 4.87. The summed E-state index contributed by atoms with van der Waals surface area (Å²) in [7, 11) is 0. The average Bonchev–Trinajstić information content (AvgIpc) is 2.38. The van der Waals surface area contributed by atoms with Crippen molar-refractivity contribution in [2.45, 2.75) is 45.6 Å². The Morgan fingerprint density at radius 3 is 2.67 bits per heavy atom. The van der Waals surface area contributed by atoms with E-state index in [1.807, 2.05) is 0 Å². The van der Waals surface area contributed by atoms with Crippen LogP contribution >= 0.6 is 0 Å². The molecule has 1 saturated carbocycles. The molecular weight excluding hydrogens is 232 g/mol. The van der Waals surface area contributed by atoms with E-state index in [4.69, 9.17) is 10.5 Å². The molecule has 3 unspecified atom stereocenters. The molecule has 1 aliphatic carbocycles. The zero-order valence-electron chi connectivity index (χ0n) is 11.3. The van der Waals surface area contributed by atoms with Gasteiger partial charge in [-0.2, -0.15) is 0 Å². The van der Waals surface area contributed by atoms with Crippen LogP contribution in [0.15, 0.2) is 0 Å². The Bertz CT molecular complexity index is 294. The van der Waals surface area contributed by atoms with Crippen molar-refractivity contribution in [3.05, 3.63) is 0 Å². The normalized spacial score (nSPS) is 25.3. The summed E-state index contributed by atoms with van der Waals surface area (Å²) in [5.41, 5.74) is 5.70. The van der Waals surface area contributed by atoms with Crippen LogP contribution in [0.4, 0.5) is 0 Å². The standard InChI is InChI=1S/C13H24N2O3/c1-3-18-13(17)9(2)15-12(16)11-7-5-4-6-10(11)8-14/h9-11H,3-8,14H2,1-2H3,(H,15,16). The number of nitrogens with one attached hydrogen (secondary N) is 1. The molecule has 1 amide bonds. The third kappa shape index (κ3) is 3.98. The van der Waals surface area contributed by atoms with Gasteiger partial charge in [-0.1, -0.05) is 12.8 Å². The van der Waals surface area contributed by atoms with Gasteiger partial charge in [0.1, 0.15) is 6.04 Å². The number of nitrogens with two attached hydrogens (primary N) is 1. The van der Waals surface area contributed by atoms with Crippen LogP contribution in [0.3, 0.4) is 0 Å². The number of carbonyl (C=O) groups is 2. The molecule has 0 aromatic rings. The molecule has 0 spiro atoms. The van der Waals surface area contributed by atoms with Crippen molar-refractivity contribution < 1.29 is 14.3 Å². The SMILES string of the molecule is CCOC(=O)C(C)NC(=O)C1CCCCC1CN. The zero-order valence-corrected chi connectivity index (χ0v) is 11.3. The van der Waals surface area contributed by atoms with E-state index in [-0.39, 0.29) is 23.7 Å². The highest BCUT2D eigenvalue weighted by Crippen LogP contribution is 2.29. The van der Waals surface area contributed by atoms with Gasteiger partial charge >= 0.3 is 5.97 Å². The smallest absolute Gasteiger partial charge is 0.328 e. The van der Waals surface area contributed by atoms with Gasteiger partial charge in [-0.25, -0.2) is 4.79 Å². The van der Waals surface area contributed by atoms with Crippen molar-refractivity contribution in [3.63, 3.8) is 0 Å². The summed E-state index contributed by atoms with van der Waals surface area (Å²) in [6, 6.07) is -0.585. The number of rotatable bonds is 5. The topological polar surface area (TPSA) is 81.4 Å². The Kier molecular flexibility index (Phi) is 6.12. The quantitative estimate of drug-likeness (QED) is 0.714. The Balaban J connectivity index is 2.50. The molecule has 5 heteroatoms. The van der Waals surface area contributed by atoms with Crippen molar-refractivity contribution in [2.24, 2.45) is 17.6 Å². The lowest BCUT2D eigenvalue weighted by Gasteiger charge is -2.30. The predicted molar refractivity (Wildman–Crippen MR) is 68.7 cm³/mol. The molecule has 0 aromatic heterocycles. The summed E-state index contributed by atoms with van der Waals surface area (Å²) < 4.78 is 4.87. The second kappa shape index (κ2) is 7.36. The third-order valence-corrected chi connectivity index (χ3v) is 3.55. The van der Waals surface area contributed by atoms with E-state index in [0.29, 0.717) is 13.2 Å². The maximum Gasteiger partial charge on any atom is 0.328 e. The molecular formula is C13H24N2O3. The van der Waals surface area contributed by atoms with Gasteiger partial charge in [0.2, 0.25) is 5.91 Å². The van der Waals surface area contributed by atoms with E-state index >= 15 is 0 Å². The minimum absolute atomic E-state index is 0.0550. The molecule has 104 valence electrons. The van der Waals surface area contributed by atoms with Crippen LogP contribution in [-0.4, -0.2) is 31.1 Å². The van der Waals surface area contributed by atoms with E-state index < -0.39 is 6.04 Å². The van der Waals surface area contributed by atoms with Crippen molar-refractivity contribution in [2.75, 3.05) is 13.2 Å². The summed E-state index contributed by atoms with van der Waals surface area (Å²) >= 11 is 0. The fourth-order valence-corrected chi connectivity index (χ4v) is 2.48. The first-order valence-electron chi connectivity index (χ1n) is 6.77. The molecule has 0 aliphatic heterocycles. The van der Waals surface area contributed by atoms with Crippen molar-refractivity contribution in [1.82, 2.24) is 5.32 Å². The van der Waals surface area contributed by atoms with Crippen molar-refractivity contribution in [1.29, 1.82) is 0 Å². The van der Waals surface area contributed by atoms with Crippen LogP contribution in [0, 0.1) is 11.8 Å². The van der Waals surface area contributed by atoms with Crippen molar-refractivity contribution >= 4 is 11.9 Å². The zero-order chi connectivity index (χ0) is 13.5. The first kappa shape index (κ1) is 15.0. The van der Waals surface area contributed by atoms with Crippen LogP contribution in [0.2, 0.25) is 0 Å². The van der Waals surface area contributed by atoms with E-state index in [1.54, 1.807) is 13.8 Å². The number of carbonyl (C=O) groups excluding carboxylic acids is 2. The summed E-state index contributed by atoms with van der Waals surface area (Å²) in [4.78, 5) is 23.6. The van der Waals surface area contributed by atoms with Crippen LogP contribution < -0.4 is 11.1 Å². The lowest BCUT2D eigenvalue weighted by atomic mass is 9.78. The van der Waals surface area contributed by atoms with Crippen LogP contribution in [0.1, 0.15) is 39.5 Å². The molecule has 1 fully saturated rings. The average molecular weight is 256 g/mol. The molecule has 0 radical (unpaired) electrons. The van der Waals surface area contributed by atoms with Gasteiger partial charge in [0.05, 0.1) is 6.61 Å². The lowest BCUT2D eigenvalue weighted by molar-refractivity contribution is -0.147. The Morgan fingerprint density at radius 1 is 1.39 bits per heavy atom. The fourth-order valence-electron chi connectivity index (χ4n) is 2.48.